The van der Waals surface area contributed by atoms with Crippen molar-refractivity contribution in [3.8, 4) is 5.69 Å². The summed E-state index contributed by atoms with van der Waals surface area (Å²) in [6.07, 6.45) is -0.893. The summed E-state index contributed by atoms with van der Waals surface area (Å²) in [7, 11) is 0. The molecule has 1 aromatic heterocycles. The topological polar surface area (TPSA) is 108 Å². The van der Waals surface area contributed by atoms with Crippen LogP contribution in [0, 0.1) is 5.92 Å². The Morgan fingerprint density at radius 3 is 2.51 bits per heavy atom. The van der Waals surface area contributed by atoms with Gasteiger partial charge in [-0.1, -0.05) is 73.3 Å². The van der Waals surface area contributed by atoms with Gasteiger partial charge in [0.1, 0.15) is 0 Å². The number of hydrogen-bond acceptors (Lipinski definition) is 8. The first-order chi connectivity index (χ1) is 17.1. The molecule has 1 fully saturated rings. The third-order valence-electron chi connectivity index (χ3n) is 6.12. The third kappa shape index (κ3) is 5.23. The van der Waals surface area contributed by atoms with Crippen molar-refractivity contribution in [2.45, 2.75) is 37.2 Å². The summed E-state index contributed by atoms with van der Waals surface area (Å²) < 4.78 is 14.7. The number of nitrogen functional groups attached to an aromatic ring is 1. The number of aliphatic hydroxyl groups is 1. The Bertz CT molecular complexity index is 1250. The van der Waals surface area contributed by atoms with Crippen LogP contribution in [0.15, 0.2) is 84.0 Å². The maximum atomic E-state index is 9.43. The summed E-state index contributed by atoms with van der Waals surface area (Å²) in [5.41, 5.74) is 10.4. The van der Waals surface area contributed by atoms with Gasteiger partial charge in [0.25, 0.3) is 0 Å². The number of tetrazole rings is 1. The van der Waals surface area contributed by atoms with Gasteiger partial charge < -0.3 is 20.3 Å². The van der Waals surface area contributed by atoms with Crippen LogP contribution in [-0.4, -0.2) is 37.2 Å². The molecule has 0 bridgehead atoms. The van der Waals surface area contributed by atoms with Crippen LogP contribution < -0.4 is 5.73 Å². The second kappa shape index (κ2) is 10.6. The summed E-state index contributed by atoms with van der Waals surface area (Å²) in [6.45, 7) is 2.14. The predicted octanol–water partition coefficient (Wildman–Crippen LogP) is 4.32. The molecular weight excluding hydrogens is 462 g/mol. The van der Waals surface area contributed by atoms with Gasteiger partial charge in [-0.05, 0) is 45.8 Å². The molecule has 0 aliphatic carbocycles. The highest BCUT2D eigenvalue weighted by Gasteiger charge is 2.38. The van der Waals surface area contributed by atoms with Crippen molar-refractivity contribution in [1.82, 2.24) is 20.2 Å². The molecule has 0 radical (unpaired) electrons. The van der Waals surface area contributed by atoms with Crippen molar-refractivity contribution in [2.24, 2.45) is 5.92 Å². The molecule has 8 nitrogen and oxygen atoms in total. The molecule has 1 aliphatic heterocycles. The fourth-order valence-electron chi connectivity index (χ4n) is 4.17. The first kappa shape index (κ1) is 23.5. The lowest BCUT2D eigenvalue weighted by Crippen LogP contribution is -2.38. The number of aliphatic hydroxyl groups excluding tert-OH is 1. The largest absolute Gasteiger partial charge is 0.399 e. The van der Waals surface area contributed by atoms with Crippen LogP contribution in [0.5, 0.6) is 0 Å². The number of hydrogen-bond donors (Lipinski definition) is 2. The SMILES string of the molecule is CC1C(CSc2nnnn2-c2ccccc2)OC(c2cccc(N)c2)OC1c1ccc(CO)cc1. The van der Waals surface area contributed by atoms with Crippen molar-refractivity contribution >= 4 is 17.4 Å². The first-order valence-corrected chi connectivity index (χ1v) is 12.4. The standard InChI is InChI=1S/C26H27N5O3S/c1-17-23(16-35-26-28-29-30-31(26)22-8-3-2-4-9-22)33-25(20-6-5-7-21(27)14-20)34-24(17)19-12-10-18(15-32)11-13-19/h2-14,17,23-25,32H,15-16,27H2,1H3. The van der Waals surface area contributed by atoms with Gasteiger partial charge in [-0.15, -0.1) is 5.10 Å². The number of para-hydroxylation sites is 1. The monoisotopic (exact) mass is 489 g/mol. The zero-order chi connectivity index (χ0) is 24.2. The van der Waals surface area contributed by atoms with E-state index in [-0.39, 0.29) is 24.7 Å². The fourth-order valence-corrected chi connectivity index (χ4v) is 5.23. The zero-order valence-electron chi connectivity index (χ0n) is 19.3. The highest BCUT2D eigenvalue weighted by molar-refractivity contribution is 7.99. The normalized spacial score (nSPS) is 22.2. The first-order valence-electron chi connectivity index (χ1n) is 11.4. The Hall–Kier alpha value is -3.24. The molecule has 2 heterocycles. The summed E-state index contributed by atoms with van der Waals surface area (Å²) in [4.78, 5) is 0. The molecule has 0 spiro atoms. The molecule has 1 aliphatic rings. The van der Waals surface area contributed by atoms with Gasteiger partial charge in [0.15, 0.2) is 6.29 Å². The lowest BCUT2D eigenvalue weighted by atomic mass is 9.91. The number of nitrogens with zero attached hydrogens (tertiary/aromatic N) is 4. The lowest BCUT2D eigenvalue weighted by Gasteiger charge is -2.41. The average molecular weight is 490 g/mol. The molecule has 180 valence electrons. The van der Waals surface area contributed by atoms with Gasteiger partial charge in [0.2, 0.25) is 5.16 Å². The van der Waals surface area contributed by atoms with E-state index in [0.717, 1.165) is 22.4 Å². The Balaban J connectivity index is 1.40. The highest BCUT2D eigenvalue weighted by Crippen LogP contribution is 2.43. The van der Waals surface area contributed by atoms with E-state index in [2.05, 4.69) is 22.4 Å². The van der Waals surface area contributed by atoms with Crippen LogP contribution in [-0.2, 0) is 16.1 Å². The van der Waals surface area contributed by atoms with Crippen LogP contribution in [0.1, 0.15) is 36.0 Å². The Kier molecular flexibility index (Phi) is 7.10. The number of aromatic nitrogens is 4. The summed E-state index contributed by atoms with van der Waals surface area (Å²) >= 11 is 1.55. The smallest absolute Gasteiger partial charge is 0.214 e. The molecule has 4 atom stereocenters. The zero-order valence-corrected chi connectivity index (χ0v) is 20.1. The van der Waals surface area contributed by atoms with E-state index in [4.69, 9.17) is 15.2 Å². The summed E-state index contributed by atoms with van der Waals surface area (Å²) in [5.74, 6) is 0.697. The molecule has 9 heteroatoms. The molecule has 4 aromatic rings. The second-order valence-corrected chi connectivity index (χ2v) is 9.50. The lowest BCUT2D eigenvalue weighted by molar-refractivity contribution is -0.268. The van der Waals surface area contributed by atoms with E-state index in [1.54, 1.807) is 16.4 Å². The van der Waals surface area contributed by atoms with Crippen molar-refractivity contribution in [3.05, 3.63) is 95.6 Å². The van der Waals surface area contributed by atoms with Gasteiger partial charge in [0, 0.05) is 22.9 Å². The molecule has 0 saturated carbocycles. The van der Waals surface area contributed by atoms with Gasteiger partial charge in [-0.3, -0.25) is 0 Å². The minimum atomic E-state index is -0.562. The summed E-state index contributed by atoms with van der Waals surface area (Å²) in [5, 5.41) is 22.4. The van der Waals surface area contributed by atoms with Gasteiger partial charge in [-0.25, -0.2) is 0 Å². The number of anilines is 1. The number of thioether (sulfide) groups is 1. The fraction of sp³-hybridized carbons (Fsp3) is 0.269. The van der Waals surface area contributed by atoms with Crippen LogP contribution in [0.4, 0.5) is 5.69 Å². The minimum Gasteiger partial charge on any atom is -0.399 e. The Morgan fingerprint density at radius 1 is 0.971 bits per heavy atom. The Morgan fingerprint density at radius 2 is 1.77 bits per heavy atom. The van der Waals surface area contributed by atoms with Crippen molar-refractivity contribution < 1.29 is 14.6 Å². The second-order valence-electron chi connectivity index (χ2n) is 8.51. The molecule has 3 aromatic carbocycles. The van der Waals surface area contributed by atoms with E-state index in [1.165, 1.54) is 0 Å². The van der Waals surface area contributed by atoms with E-state index in [1.807, 2.05) is 78.9 Å². The van der Waals surface area contributed by atoms with E-state index in [0.29, 0.717) is 16.6 Å². The van der Waals surface area contributed by atoms with Gasteiger partial charge in [-0.2, -0.15) is 4.68 Å². The summed E-state index contributed by atoms with van der Waals surface area (Å²) in [6, 6.07) is 25.3. The Labute approximate surface area is 208 Å². The van der Waals surface area contributed by atoms with Crippen LogP contribution in [0.3, 0.4) is 0 Å². The molecule has 0 amide bonds. The van der Waals surface area contributed by atoms with Crippen LogP contribution >= 0.6 is 11.8 Å². The van der Waals surface area contributed by atoms with Crippen LogP contribution in [0.25, 0.3) is 5.69 Å². The molecule has 4 unspecified atom stereocenters. The van der Waals surface area contributed by atoms with Crippen molar-refractivity contribution in [2.75, 3.05) is 11.5 Å². The molecule has 1 saturated heterocycles. The number of benzene rings is 3. The maximum absolute atomic E-state index is 9.43. The molecule has 5 rings (SSSR count). The van der Waals surface area contributed by atoms with Crippen molar-refractivity contribution in [1.29, 1.82) is 0 Å². The number of nitrogens with two attached hydrogens (primary N) is 1. The average Bonchev–Trinajstić information content (AvgIpc) is 3.37. The maximum Gasteiger partial charge on any atom is 0.214 e. The van der Waals surface area contributed by atoms with E-state index >= 15 is 0 Å². The molecular formula is C26H27N5O3S. The molecule has 35 heavy (non-hydrogen) atoms. The highest BCUT2D eigenvalue weighted by atomic mass is 32.2. The van der Waals surface area contributed by atoms with Gasteiger partial charge in [0.05, 0.1) is 24.5 Å². The van der Waals surface area contributed by atoms with E-state index in [9.17, 15) is 5.11 Å². The number of ether oxygens (including phenoxy) is 2. The van der Waals surface area contributed by atoms with Crippen molar-refractivity contribution in [3.63, 3.8) is 0 Å². The van der Waals surface area contributed by atoms with Crippen LogP contribution in [0.2, 0.25) is 0 Å². The quantitative estimate of drug-likeness (QED) is 0.292. The third-order valence-corrected chi connectivity index (χ3v) is 7.13. The predicted molar refractivity (Wildman–Crippen MR) is 134 cm³/mol. The minimum absolute atomic E-state index is 0.00574. The van der Waals surface area contributed by atoms with Gasteiger partial charge >= 0.3 is 0 Å². The number of rotatable bonds is 7. The van der Waals surface area contributed by atoms with E-state index < -0.39 is 6.29 Å². The molecule has 3 N–H and O–H groups in total.